The summed E-state index contributed by atoms with van der Waals surface area (Å²) in [6.45, 7) is 3.31. The van der Waals surface area contributed by atoms with Crippen LogP contribution in [0.4, 0.5) is 5.69 Å². The molecule has 174 valence electrons. The van der Waals surface area contributed by atoms with E-state index < -0.39 is 0 Å². The van der Waals surface area contributed by atoms with Gasteiger partial charge in [-0.25, -0.2) is 0 Å². The quantitative estimate of drug-likeness (QED) is 0.365. The Bertz CT molecular complexity index is 1270. The fraction of sp³-hybridized carbons (Fsp3) is 0.194. The third-order valence-corrected chi connectivity index (χ3v) is 6.95. The zero-order valence-electron chi connectivity index (χ0n) is 19.7. The summed E-state index contributed by atoms with van der Waals surface area (Å²) in [7, 11) is 0. The Kier molecular flexibility index (Phi) is 6.14. The van der Waals surface area contributed by atoms with Gasteiger partial charge in [-0.3, -0.25) is 9.91 Å². The monoisotopic (exact) mass is 459 g/mol. The van der Waals surface area contributed by atoms with Crippen LogP contribution >= 0.6 is 0 Å². The molecule has 4 aromatic carbocycles. The van der Waals surface area contributed by atoms with Crippen molar-refractivity contribution in [2.75, 3.05) is 31.3 Å². The molecule has 0 radical (unpaired) electrons. The highest BCUT2D eigenvalue weighted by Gasteiger charge is 2.43. The van der Waals surface area contributed by atoms with Gasteiger partial charge >= 0.3 is 0 Å². The number of nitrogens with zero attached hydrogens (tertiary/aromatic N) is 3. The van der Waals surface area contributed by atoms with E-state index in [0.29, 0.717) is 0 Å². The van der Waals surface area contributed by atoms with Gasteiger partial charge in [0, 0.05) is 13.1 Å². The Morgan fingerprint density at radius 1 is 0.571 bits per heavy atom. The Balaban J connectivity index is 1.45. The van der Waals surface area contributed by atoms with Crippen molar-refractivity contribution in [2.45, 2.75) is 12.1 Å². The molecule has 4 aromatic rings. The van der Waals surface area contributed by atoms with Crippen molar-refractivity contribution in [2.24, 2.45) is 5.10 Å². The second-order valence-corrected chi connectivity index (χ2v) is 9.06. The summed E-state index contributed by atoms with van der Waals surface area (Å²) in [4.78, 5) is 2.55. The molecule has 4 heteroatoms. The van der Waals surface area contributed by atoms with Crippen LogP contribution in [0.15, 0.2) is 120 Å². The molecule has 0 bridgehead atoms. The highest BCUT2D eigenvalue weighted by atomic mass is 16.5. The van der Waals surface area contributed by atoms with Gasteiger partial charge < -0.3 is 4.74 Å². The van der Waals surface area contributed by atoms with Crippen LogP contribution in [0, 0.1) is 0 Å². The molecule has 0 N–H and O–H groups in total. The molecule has 35 heavy (non-hydrogen) atoms. The maximum Gasteiger partial charge on any atom is 0.0988 e. The van der Waals surface area contributed by atoms with Gasteiger partial charge in [0.2, 0.25) is 0 Å². The second-order valence-electron chi connectivity index (χ2n) is 9.06. The summed E-state index contributed by atoms with van der Waals surface area (Å²) >= 11 is 0. The minimum atomic E-state index is 0.0838. The number of rotatable bonds is 5. The minimum Gasteiger partial charge on any atom is -0.379 e. The van der Waals surface area contributed by atoms with Gasteiger partial charge in [0.05, 0.1) is 36.7 Å². The van der Waals surface area contributed by atoms with Crippen LogP contribution < -0.4 is 5.01 Å². The van der Waals surface area contributed by atoms with Crippen LogP contribution in [0.1, 0.15) is 17.2 Å². The molecule has 6 rings (SSSR count). The van der Waals surface area contributed by atoms with E-state index in [9.17, 15) is 0 Å². The van der Waals surface area contributed by atoms with E-state index in [-0.39, 0.29) is 12.1 Å². The lowest BCUT2D eigenvalue weighted by Gasteiger charge is -2.38. The zero-order valence-corrected chi connectivity index (χ0v) is 19.7. The minimum absolute atomic E-state index is 0.0838. The van der Waals surface area contributed by atoms with Gasteiger partial charge in [-0.2, -0.15) is 5.10 Å². The van der Waals surface area contributed by atoms with Crippen LogP contribution in [-0.2, 0) is 4.74 Å². The highest BCUT2D eigenvalue weighted by molar-refractivity contribution is 6.07. The Morgan fingerprint density at radius 3 is 1.77 bits per heavy atom. The number of benzene rings is 4. The highest BCUT2D eigenvalue weighted by Crippen LogP contribution is 2.39. The average molecular weight is 460 g/mol. The lowest BCUT2D eigenvalue weighted by Crippen LogP contribution is -2.50. The first-order chi connectivity index (χ1) is 17.4. The summed E-state index contributed by atoms with van der Waals surface area (Å²) in [6, 6.07) is 41.0. The van der Waals surface area contributed by atoms with E-state index in [1.165, 1.54) is 22.3 Å². The Morgan fingerprint density at radius 2 is 1.11 bits per heavy atom. The molecule has 4 nitrogen and oxygen atoms in total. The van der Waals surface area contributed by atoms with Crippen molar-refractivity contribution in [3.63, 3.8) is 0 Å². The smallest absolute Gasteiger partial charge is 0.0988 e. The molecule has 0 aromatic heterocycles. The Labute approximate surface area is 207 Å². The number of hydrogen-bond acceptors (Lipinski definition) is 4. The molecule has 1 saturated heterocycles. The summed E-state index contributed by atoms with van der Waals surface area (Å²) < 4.78 is 5.72. The standard InChI is InChI=1S/C31H29N3O/c1-4-10-24(11-5-1)25-16-18-26(19-17-25)29-31(33-20-22-35-23-21-33)30(27-12-6-2-7-13-27)34(32-29)28-14-8-3-9-15-28/h1-19,30-31H,20-23H2. The molecule has 2 aliphatic heterocycles. The van der Waals surface area contributed by atoms with E-state index in [0.717, 1.165) is 37.7 Å². The number of anilines is 1. The number of ether oxygens (including phenoxy) is 1. The molecule has 2 heterocycles. The molecule has 2 aliphatic rings. The Hall–Kier alpha value is -3.73. The average Bonchev–Trinajstić information content (AvgIpc) is 3.36. The first-order valence-corrected chi connectivity index (χ1v) is 12.3. The number of hydrogen-bond donors (Lipinski definition) is 0. The number of hydrazone groups is 1. The summed E-state index contributed by atoms with van der Waals surface area (Å²) in [6.07, 6.45) is 0. The van der Waals surface area contributed by atoms with Crippen LogP contribution in [0.5, 0.6) is 0 Å². The first-order valence-electron chi connectivity index (χ1n) is 12.3. The molecule has 0 saturated carbocycles. The van der Waals surface area contributed by atoms with E-state index in [1.54, 1.807) is 0 Å². The van der Waals surface area contributed by atoms with Gasteiger partial charge in [0.1, 0.15) is 0 Å². The fourth-order valence-electron chi connectivity index (χ4n) is 5.21. The topological polar surface area (TPSA) is 28.1 Å². The third kappa shape index (κ3) is 4.39. The van der Waals surface area contributed by atoms with Crippen molar-refractivity contribution in [1.82, 2.24) is 4.90 Å². The van der Waals surface area contributed by atoms with Crippen LogP contribution in [0.3, 0.4) is 0 Å². The summed E-state index contributed by atoms with van der Waals surface area (Å²) in [5.74, 6) is 0. The van der Waals surface area contributed by atoms with E-state index in [4.69, 9.17) is 9.84 Å². The molecule has 0 aliphatic carbocycles. The summed E-state index contributed by atoms with van der Waals surface area (Å²) in [5.41, 5.74) is 7.10. The molecular formula is C31H29N3O. The second kappa shape index (κ2) is 9.87. The van der Waals surface area contributed by atoms with Crippen molar-refractivity contribution in [3.8, 4) is 11.1 Å². The van der Waals surface area contributed by atoms with Crippen molar-refractivity contribution in [1.29, 1.82) is 0 Å². The fourth-order valence-corrected chi connectivity index (χ4v) is 5.21. The van der Waals surface area contributed by atoms with Crippen molar-refractivity contribution < 1.29 is 4.74 Å². The summed E-state index contributed by atoms with van der Waals surface area (Å²) in [5, 5.41) is 7.53. The van der Waals surface area contributed by atoms with E-state index >= 15 is 0 Å². The predicted molar refractivity (Wildman–Crippen MR) is 143 cm³/mol. The predicted octanol–water partition coefficient (Wildman–Crippen LogP) is 6.02. The van der Waals surface area contributed by atoms with Crippen molar-refractivity contribution in [3.05, 3.63) is 126 Å². The van der Waals surface area contributed by atoms with Crippen LogP contribution in [0.2, 0.25) is 0 Å². The molecule has 0 spiro atoms. The largest absolute Gasteiger partial charge is 0.379 e. The maximum atomic E-state index is 5.72. The number of para-hydroxylation sites is 1. The third-order valence-electron chi connectivity index (χ3n) is 6.95. The maximum absolute atomic E-state index is 5.72. The lowest BCUT2D eigenvalue weighted by atomic mass is 9.90. The molecule has 0 amide bonds. The van der Waals surface area contributed by atoms with Gasteiger partial charge in [0.25, 0.3) is 0 Å². The molecular weight excluding hydrogens is 430 g/mol. The van der Waals surface area contributed by atoms with E-state index in [2.05, 4.69) is 125 Å². The van der Waals surface area contributed by atoms with Crippen LogP contribution in [-0.4, -0.2) is 43.0 Å². The molecule has 1 fully saturated rings. The first kappa shape index (κ1) is 21.8. The lowest BCUT2D eigenvalue weighted by molar-refractivity contribution is 0.0260. The van der Waals surface area contributed by atoms with Gasteiger partial charge in [0.15, 0.2) is 0 Å². The van der Waals surface area contributed by atoms with Crippen molar-refractivity contribution >= 4 is 11.4 Å². The van der Waals surface area contributed by atoms with Gasteiger partial charge in [-0.1, -0.05) is 103 Å². The number of morpholine rings is 1. The molecule has 2 unspecified atom stereocenters. The zero-order chi connectivity index (χ0) is 23.5. The molecule has 2 atom stereocenters. The van der Waals surface area contributed by atoms with Gasteiger partial charge in [-0.15, -0.1) is 0 Å². The van der Waals surface area contributed by atoms with E-state index in [1.807, 2.05) is 0 Å². The SMILES string of the molecule is c1ccc(-c2ccc(C3=NN(c4ccccc4)C(c4ccccc4)C3N3CCOCC3)cc2)cc1. The van der Waals surface area contributed by atoms with Gasteiger partial charge in [-0.05, 0) is 34.4 Å². The van der Waals surface area contributed by atoms with Crippen LogP contribution in [0.25, 0.3) is 11.1 Å². The normalized spacial score (nSPS) is 20.6.